The molecule has 2 saturated heterocycles. The number of carbonyl (C=O) groups is 1. The molecule has 3 N–H and O–H groups in total. The fourth-order valence-electron chi connectivity index (χ4n) is 3.74. The van der Waals surface area contributed by atoms with E-state index < -0.39 is 0 Å². The molecule has 2 aromatic heterocycles. The van der Waals surface area contributed by atoms with E-state index in [0.29, 0.717) is 24.1 Å². The van der Waals surface area contributed by atoms with Crippen molar-refractivity contribution >= 4 is 17.5 Å². The highest BCUT2D eigenvalue weighted by Gasteiger charge is 2.21. The number of piperidine rings is 1. The van der Waals surface area contributed by atoms with Gasteiger partial charge in [0, 0.05) is 44.4 Å². The average Bonchev–Trinajstić information content (AvgIpc) is 2.79. The highest BCUT2D eigenvalue weighted by molar-refractivity contribution is 5.91. The van der Waals surface area contributed by atoms with Gasteiger partial charge in [-0.3, -0.25) is 15.1 Å². The fraction of sp³-hybridized carbons (Fsp3) is 0.524. The van der Waals surface area contributed by atoms with Gasteiger partial charge in [0.25, 0.3) is 0 Å². The van der Waals surface area contributed by atoms with Crippen LogP contribution in [0.25, 0.3) is 11.4 Å². The fourth-order valence-corrected chi connectivity index (χ4v) is 3.74. The first-order chi connectivity index (χ1) is 14.3. The van der Waals surface area contributed by atoms with Crippen molar-refractivity contribution in [3.8, 4) is 11.4 Å². The molecule has 8 nitrogen and oxygen atoms in total. The van der Waals surface area contributed by atoms with E-state index in [1.807, 2.05) is 18.2 Å². The molecule has 29 heavy (non-hydrogen) atoms. The van der Waals surface area contributed by atoms with Crippen molar-refractivity contribution in [3.63, 3.8) is 0 Å². The van der Waals surface area contributed by atoms with Crippen LogP contribution in [0.1, 0.15) is 25.7 Å². The first kappa shape index (κ1) is 19.7. The van der Waals surface area contributed by atoms with Crippen LogP contribution in [0, 0.1) is 11.8 Å². The van der Waals surface area contributed by atoms with Gasteiger partial charge in [-0.05, 0) is 56.3 Å². The zero-order valence-electron chi connectivity index (χ0n) is 16.6. The Hall–Kier alpha value is -2.58. The Kier molecular flexibility index (Phi) is 6.63. The summed E-state index contributed by atoms with van der Waals surface area (Å²) in [4.78, 5) is 25.6. The average molecular weight is 396 g/mol. The molecule has 0 bridgehead atoms. The second kappa shape index (κ2) is 9.76. The summed E-state index contributed by atoms with van der Waals surface area (Å²) < 4.78 is 5.42. The summed E-state index contributed by atoms with van der Waals surface area (Å²) >= 11 is 0. The van der Waals surface area contributed by atoms with Crippen molar-refractivity contribution in [1.29, 1.82) is 0 Å². The number of nitrogens with zero attached hydrogens (tertiary/aromatic N) is 3. The van der Waals surface area contributed by atoms with Crippen LogP contribution in [0.2, 0.25) is 0 Å². The molecule has 154 valence electrons. The minimum atomic E-state index is -0.0353. The summed E-state index contributed by atoms with van der Waals surface area (Å²) in [6.07, 6.45) is 7.51. The first-order valence-electron chi connectivity index (χ1n) is 10.4. The van der Waals surface area contributed by atoms with Crippen molar-refractivity contribution in [2.45, 2.75) is 25.7 Å². The molecule has 2 aromatic rings. The summed E-state index contributed by atoms with van der Waals surface area (Å²) in [5.74, 6) is 0.886. The van der Waals surface area contributed by atoms with Crippen LogP contribution in [0.4, 0.5) is 11.6 Å². The third-order valence-corrected chi connectivity index (χ3v) is 5.52. The Morgan fingerprint density at radius 1 is 1.14 bits per heavy atom. The standard InChI is InChI=1S/C21H28N6O2/c28-20(16-2-1-7-22-14-16)27-21-24-9-4-18(26-21)19-12-17(3-8-23-19)25-13-15-5-10-29-11-6-15/h3-4,8-9,12,15-16,22H,1-2,5-7,10-11,13-14H2,(H,23,25)(H,24,26,27,28)/t16-/m1/s1. The number of anilines is 2. The highest BCUT2D eigenvalue weighted by atomic mass is 16.5. The van der Waals surface area contributed by atoms with Crippen LogP contribution in [0.15, 0.2) is 30.6 Å². The molecule has 2 aliphatic rings. The van der Waals surface area contributed by atoms with Crippen molar-refractivity contribution in [2.24, 2.45) is 11.8 Å². The van der Waals surface area contributed by atoms with Crippen LogP contribution < -0.4 is 16.0 Å². The number of aromatic nitrogens is 3. The van der Waals surface area contributed by atoms with E-state index in [0.717, 1.165) is 63.4 Å². The largest absolute Gasteiger partial charge is 0.385 e. The third kappa shape index (κ3) is 5.48. The number of rotatable bonds is 6. The van der Waals surface area contributed by atoms with Crippen molar-refractivity contribution in [2.75, 3.05) is 43.5 Å². The summed E-state index contributed by atoms with van der Waals surface area (Å²) in [5.41, 5.74) is 2.45. The number of carbonyl (C=O) groups excluding carboxylic acids is 1. The van der Waals surface area contributed by atoms with E-state index in [9.17, 15) is 4.79 Å². The van der Waals surface area contributed by atoms with Gasteiger partial charge in [0.1, 0.15) is 0 Å². The number of pyridine rings is 1. The predicted octanol–water partition coefficient (Wildman–Crippen LogP) is 2.32. The van der Waals surface area contributed by atoms with E-state index >= 15 is 0 Å². The first-order valence-corrected chi connectivity index (χ1v) is 10.4. The van der Waals surface area contributed by atoms with Crippen LogP contribution >= 0.6 is 0 Å². The van der Waals surface area contributed by atoms with Crippen molar-refractivity contribution < 1.29 is 9.53 Å². The summed E-state index contributed by atoms with van der Waals surface area (Å²) in [6.45, 7) is 4.29. The number of nitrogens with one attached hydrogen (secondary N) is 3. The maximum Gasteiger partial charge on any atom is 0.231 e. The predicted molar refractivity (Wildman–Crippen MR) is 112 cm³/mol. The molecule has 4 rings (SSSR count). The molecule has 0 radical (unpaired) electrons. The minimum absolute atomic E-state index is 0.0332. The van der Waals surface area contributed by atoms with Gasteiger partial charge >= 0.3 is 0 Å². The van der Waals surface area contributed by atoms with E-state index in [4.69, 9.17) is 4.74 Å². The molecule has 0 unspecified atom stereocenters. The van der Waals surface area contributed by atoms with Gasteiger partial charge in [-0.1, -0.05) is 0 Å². The van der Waals surface area contributed by atoms with Crippen LogP contribution in [-0.2, 0) is 9.53 Å². The number of ether oxygens (including phenoxy) is 1. The Morgan fingerprint density at radius 2 is 2.00 bits per heavy atom. The summed E-state index contributed by atoms with van der Waals surface area (Å²) in [7, 11) is 0. The maximum absolute atomic E-state index is 12.4. The second-order valence-electron chi connectivity index (χ2n) is 7.66. The molecule has 0 aromatic carbocycles. The lowest BCUT2D eigenvalue weighted by atomic mass is 9.99. The molecule has 0 saturated carbocycles. The lowest BCUT2D eigenvalue weighted by molar-refractivity contribution is -0.120. The van der Waals surface area contributed by atoms with Crippen molar-refractivity contribution in [3.05, 3.63) is 30.6 Å². The second-order valence-corrected chi connectivity index (χ2v) is 7.66. The zero-order valence-corrected chi connectivity index (χ0v) is 16.6. The third-order valence-electron chi connectivity index (χ3n) is 5.52. The zero-order chi connectivity index (χ0) is 19.9. The van der Waals surface area contributed by atoms with Gasteiger partial charge < -0.3 is 15.4 Å². The molecular weight excluding hydrogens is 368 g/mol. The molecule has 2 aliphatic heterocycles. The minimum Gasteiger partial charge on any atom is -0.385 e. The molecular formula is C21H28N6O2. The lowest BCUT2D eigenvalue weighted by Crippen LogP contribution is -2.37. The van der Waals surface area contributed by atoms with E-state index in [1.165, 1.54) is 0 Å². The van der Waals surface area contributed by atoms with E-state index in [1.54, 1.807) is 12.4 Å². The Bertz CT molecular complexity index is 818. The number of amides is 1. The molecule has 2 fully saturated rings. The van der Waals surface area contributed by atoms with E-state index in [2.05, 4.69) is 30.9 Å². The number of hydrogen-bond donors (Lipinski definition) is 3. The highest BCUT2D eigenvalue weighted by Crippen LogP contribution is 2.21. The van der Waals surface area contributed by atoms with Gasteiger partial charge in [-0.25, -0.2) is 9.97 Å². The molecule has 4 heterocycles. The lowest BCUT2D eigenvalue weighted by Gasteiger charge is -2.22. The van der Waals surface area contributed by atoms with Crippen LogP contribution in [0.5, 0.6) is 0 Å². The Labute approximate surface area is 170 Å². The Balaban J connectivity index is 1.40. The normalized spacial score (nSPS) is 20.2. The molecule has 0 spiro atoms. The van der Waals surface area contributed by atoms with Gasteiger partial charge in [0.2, 0.25) is 11.9 Å². The summed E-state index contributed by atoms with van der Waals surface area (Å²) in [5, 5.41) is 9.60. The Morgan fingerprint density at radius 3 is 2.83 bits per heavy atom. The van der Waals surface area contributed by atoms with Crippen molar-refractivity contribution in [1.82, 2.24) is 20.3 Å². The number of hydrogen-bond acceptors (Lipinski definition) is 7. The van der Waals surface area contributed by atoms with Crippen LogP contribution in [0.3, 0.4) is 0 Å². The van der Waals surface area contributed by atoms with Gasteiger partial charge in [0.05, 0.1) is 17.3 Å². The van der Waals surface area contributed by atoms with Crippen LogP contribution in [-0.4, -0.2) is 53.7 Å². The topological polar surface area (TPSA) is 101 Å². The quantitative estimate of drug-likeness (QED) is 0.689. The molecule has 8 heteroatoms. The molecule has 0 aliphatic carbocycles. The van der Waals surface area contributed by atoms with E-state index in [-0.39, 0.29) is 11.8 Å². The monoisotopic (exact) mass is 396 g/mol. The van der Waals surface area contributed by atoms with Gasteiger partial charge in [-0.2, -0.15) is 0 Å². The summed E-state index contributed by atoms with van der Waals surface area (Å²) in [6, 6.07) is 5.75. The van der Waals surface area contributed by atoms with Gasteiger partial charge in [0.15, 0.2) is 0 Å². The maximum atomic E-state index is 12.4. The van der Waals surface area contributed by atoms with Gasteiger partial charge in [-0.15, -0.1) is 0 Å². The molecule has 1 amide bonds. The SMILES string of the molecule is O=C(Nc1nccc(-c2cc(NCC3CCOCC3)ccn2)n1)[C@@H]1CCCNC1. The smallest absolute Gasteiger partial charge is 0.231 e. The molecule has 1 atom stereocenters.